The molecule has 0 spiro atoms. The molecule has 0 aliphatic carbocycles. The van der Waals surface area contributed by atoms with Crippen LogP contribution < -0.4 is 0 Å². The van der Waals surface area contributed by atoms with E-state index in [2.05, 4.69) is 11.9 Å². The molecule has 2 rings (SSSR count). The van der Waals surface area contributed by atoms with Gasteiger partial charge in [0, 0.05) is 18.7 Å². The number of amides is 1. The Kier molecular flexibility index (Phi) is 4.78. The van der Waals surface area contributed by atoms with Gasteiger partial charge in [-0.3, -0.25) is 4.79 Å². The Bertz CT molecular complexity index is 605. The summed E-state index contributed by atoms with van der Waals surface area (Å²) in [7, 11) is 1.84. The number of carbonyl (C=O) groups excluding carboxylic acids is 1. The molecule has 1 aromatic carbocycles. The predicted molar refractivity (Wildman–Crippen MR) is 82.9 cm³/mol. The van der Waals surface area contributed by atoms with Gasteiger partial charge in [-0.1, -0.05) is 25.1 Å². The summed E-state index contributed by atoms with van der Waals surface area (Å²) in [5, 5.41) is 0. The quantitative estimate of drug-likeness (QED) is 0.845. The molecule has 1 amide bonds. The fourth-order valence-electron chi connectivity index (χ4n) is 2.08. The van der Waals surface area contributed by atoms with Crippen molar-refractivity contribution in [3.05, 3.63) is 41.8 Å². The van der Waals surface area contributed by atoms with Crippen LogP contribution in [0.2, 0.25) is 0 Å². The van der Waals surface area contributed by atoms with Crippen molar-refractivity contribution >= 4 is 5.91 Å². The molecular weight excluding hydrogens is 264 g/mol. The molecule has 0 bridgehead atoms. The van der Waals surface area contributed by atoms with E-state index in [1.807, 2.05) is 51.2 Å². The van der Waals surface area contributed by atoms with E-state index in [-0.39, 0.29) is 18.4 Å². The Morgan fingerprint density at radius 1 is 1.33 bits per heavy atom. The van der Waals surface area contributed by atoms with Gasteiger partial charge in [-0.25, -0.2) is 4.98 Å². The van der Waals surface area contributed by atoms with E-state index in [4.69, 9.17) is 4.42 Å². The smallest absolute Gasteiger partial charge is 0.228 e. The molecule has 21 heavy (non-hydrogen) atoms. The van der Waals surface area contributed by atoms with Gasteiger partial charge < -0.3 is 9.32 Å². The summed E-state index contributed by atoms with van der Waals surface area (Å²) >= 11 is 0. The molecule has 4 nitrogen and oxygen atoms in total. The second-order valence-electron chi connectivity index (χ2n) is 5.33. The first-order chi connectivity index (χ1) is 10.0. The largest absolute Gasteiger partial charge is 0.441 e. The van der Waals surface area contributed by atoms with E-state index in [9.17, 15) is 4.79 Å². The number of hydrogen-bond donors (Lipinski definition) is 0. The number of hydrogen-bond acceptors (Lipinski definition) is 3. The van der Waals surface area contributed by atoms with Crippen LogP contribution in [0.4, 0.5) is 0 Å². The van der Waals surface area contributed by atoms with Crippen LogP contribution in [-0.4, -0.2) is 28.9 Å². The number of aryl methyl sites for hydroxylation is 1. The van der Waals surface area contributed by atoms with Crippen LogP contribution in [0.25, 0.3) is 11.5 Å². The van der Waals surface area contributed by atoms with Gasteiger partial charge in [-0.2, -0.15) is 0 Å². The van der Waals surface area contributed by atoms with Gasteiger partial charge >= 0.3 is 0 Å². The zero-order valence-electron chi connectivity index (χ0n) is 13.1. The van der Waals surface area contributed by atoms with Crippen LogP contribution in [0.1, 0.15) is 31.7 Å². The molecule has 2 aromatic rings. The maximum atomic E-state index is 12.3. The molecule has 0 aliphatic rings. The van der Waals surface area contributed by atoms with Gasteiger partial charge in [0.2, 0.25) is 11.8 Å². The van der Waals surface area contributed by atoms with Gasteiger partial charge in [0.1, 0.15) is 5.76 Å². The van der Waals surface area contributed by atoms with Gasteiger partial charge in [0.25, 0.3) is 0 Å². The number of likely N-dealkylation sites (N-methyl/N-ethyl adjacent to an activating group) is 1. The lowest BCUT2D eigenvalue weighted by molar-refractivity contribution is -0.131. The molecule has 1 heterocycles. The SMILES string of the molecule is CC[C@H](C)N(C)C(=O)Cc1nc(-c2ccccc2)oc1C. The third-order valence-electron chi connectivity index (χ3n) is 3.88. The highest BCUT2D eigenvalue weighted by atomic mass is 16.4. The van der Waals surface area contributed by atoms with E-state index in [1.165, 1.54) is 0 Å². The van der Waals surface area contributed by atoms with Crippen molar-refractivity contribution in [1.82, 2.24) is 9.88 Å². The summed E-state index contributed by atoms with van der Waals surface area (Å²) in [4.78, 5) is 18.5. The summed E-state index contributed by atoms with van der Waals surface area (Å²) in [6.07, 6.45) is 1.22. The Balaban J connectivity index is 2.15. The van der Waals surface area contributed by atoms with Crippen molar-refractivity contribution in [2.24, 2.45) is 0 Å². The molecule has 4 heteroatoms. The van der Waals surface area contributed by atoms with Crippen molar-refractivity contribution in [2.75, 3.05) is 7.05 Å². The molecule has 0 N–H and O–H groups in total. The summed E-state index contributed by atoms with van der Waals surface area (Å²) in [6.45, 7) is 5.97. The first kappa shape index (κ1) is 15.3. The van der Waals surface area contributed by atoms with E-state index in [0.717, 1.165) is 12.0 Å². The van der Waals surface area contributed by atoms with Crippen molar-refractivity contribution < 1.29 is 9.21 Å². The average Bonchev–Trinajstić information content (AvgIpc) is 2.87. The maximum absolute atomic E-state index is 12.3. The molecular formula is C17H22N2O2. The van der Waals surface area contributed by atoms with Crippen molar-refractivity contribution in [2.45, 2.75) is 39.7 Å². The van der Waals surface area contributed by atoms with Gasteiger partial charge in [0.05, 0.1) is 12.1 Å². The topological polar surface area (TPSA) is 46.3 Å². The van der Waals surface area contributed by atoms with Crippen LogP contribution in [0, 0.1) is 6.92 Å². The van der Waals surface area contributed by atoms with Crippen LogP contribution in [0.15, 0.2) is 34.7 Å². The number of benzene rings is 1. The minimum absolute atomic E-state index is 0.0698. The van der Waals surface area contributed by atoms with Crippen molar-refractivity contribution in [1.29, 1.82) is 0 Å². The number of oxazole rings is 1. The highest BCUT2D eigenvalue weighted by Gasteiger charge is 2.19. The molecule has 0 saturated heterocycles. The number of nitrogens with zero attached hydrogens (tertiary/aromatic N) is 2. The van der Waals surface area contributed by atoms with E-state index >= 15 is 0 Å². The first-order valence-electron chi connectivity index (χ1n) is 7.30. The summed E-state index contributed by atoms with van der Waals surface area (Å²) in [5.74, 6) is 1.35. The number of rotatable bonds is 5. The van der Waals surface area contributed by atoms with Crippen LogP contribution in [-0.2, 0) is 11.2 Å². The normalized spacial score (nSPS) is 12.2. The fraction of sp³-hybridized carbons (Fsp3) is 0.412. The van der Waals surface area contributed by atoms with Crippen LogP contribution >= 0.6 is 0 Å². The zero-order valence-corrected chi connectivity index (χ0v) is 13.1. The average molecular weight is 286 g/mol. The van der Waals surface area contributed by atoms with Gasteiger partial charge in [-0.15, -0.1) is 0 Å². The van der Waals surface area contributed by atoms with E-state index in [0.29, 0.717) is 17.3 Å². The lowest BCUT2D eigenvalue weighted by Gasteiger charge is -2.23. The number of carbonyl (C=O) groups is 1. The summed E-state index contributed by atoms with van der Waals surface area (Å²) < 4.78 is 5.69. The van der Waals surface area contributed by atoms with E-state index < -0.39 is 0 Å². The summed E-state index contributed by atoms with van der Waals surface area (Å²) in [5.41, 5.74) is 1.64. The summed E-state index contributed by atoms with van der Waals surface area (Å²) in [6, 6.07) is 9.96. The Hall–Kier alpha value is -2.10. The second kappa shape index (κ2) is 6.57. The fourth-order valence-corrected chi connectivity index (χ4v) is 2.08. The molecule has 1 aromatic heterocycles. The standard InChI is InChI=1S/C17H22N2O2/c1-5-12(2)19(4)16(20)11-15-13(3)21-17(18-15)14-9-7-6-8-10-14/h6-10,12H,5,11H2,1-4H3/t12-/m0/s1. The minimum Gasteiger partial charge on any atom is -0.441 e. The van der Waals surface area contributed by atoms with Gasteiger partial charge in [0.15, 0.2) is 0 Å². The minimum atomic E-state index is 0.0698. The zero-order chi connectivity index (χ0) is 15.4. The molecule has 0 fully saturated rings. The van der Waals surface area contributed by atoms with Gasteiger partial charge in [-0.05, 0) is 32.4 Å². The molecule has 1 atom stereocenters. The molecule has 0 radical (unpaired) electrons. The van der Waals surface area contributed by atoms with Crippen molar-refractivity contribution in [3.8, 4) is 11.5 Å². The molecule has 112 valence electrons. The predicted octanol–water partition coefficient (Wildman–Crippen LogP) is 3.45. The van der Waals surface area contributed by atoms with E-state index in [1.54, 1.807) is 4.90 Å². The van der Waals surface area contributed by atoms with Crippen LogP contribution in [0.3, 0.4) is 0 Å². The van der Waals surface area contributed by atoms with Crippen LogP contribution in [0.5, 0.6) is 0 Å². The third kappa shape index (κ3) is 3.51. The molecule has 0 unspecified atom stereocenters. The third-order valence-corrected chi connectivity index (χ3v) is 3.88. The first-order valence-corrected chi connectivity index (χ1v) is 7.30. The second-order valence-corrected chi connectivity index (χ2v) is 5.33. The Morgan fingerprint density at radius 3 is 2.62 bits per heavy atom. The van der Waals surface area contributed by atoms with Crippen molar-refractivity contribution in [3.63, 3.8) is 0 Å². The Labute approximate surface area is 125 Å². The number of aromatic nitrogens is 1. The lowest BCUT2D eigenvalue weighted by atomic mass is 10.2. The highest BCUT2D eigenvalue weighted by molar-refractivity contribution is 5.78. The molecule has 0 saturated carbocycles. The monoisotopic (exact) mass is 286 g/mol. The maximum Gasteiger partial charge on any atom is 0.228 e. The lowest BCUT2D eigenvalue weighted by Crippen LogP contribution is -2.35. The molecule has 0 aliphatic heterocycles. The highest BCUT2D eigenvalue weighted by Crippen LogP contribution is 2.22. The Morgan fingerprint density at radius 2 is 2.00 bits per heavy atom.